The van der Waals surface area contributed by atoms with Gasteiger partial charge in [0.05, 0.1) is 15.6 Å². The SMILES string of the molecule is CC1(c2cccs2)N=c2ccccc2=N1. The van der Waals surface area contributed by atoms with Crippen LogP contribution >= 0.6 is 11.3 Å². The summed E-state index contributed by atoms with van der Waals surface area (Å²) in [5.41, 5.74) is -0.405. The average Bonchev–Trinajstić information content (AvgIpc) is 2.83. The molecule has 3 rings (SSSR count). The zero-order chi connectivity index (χ0) is 10.3. The summed E-state index contributed by atoms with van der Waals surface area (Å²) in [7, 11) is 0. The Morgan fingerprint density at radius 2 is 1.67 bits per heavy atom. The Morgan fingerprint density at radius 1 is 1.00 bits per heavy atom. The Balaban J connectivity index is 2.25. The number of nitrogens with zero attached hydrogens (tertiary/aromatic N) is 2. The summed E-state index contributed by atoms with van der Waals surface area (Å²) in [6.45, 7) is 2.05. The van der Waals surface area contributed by atoms with Gasteiger partial charge in [-0.25, -0.2) is 9.98 Å². The van der Waals surface area contributed by atoms with Crippen LogP contribution in [0.2, 0.25) is 0 Å². The maximum absolute atomic E-state index is 4.67. The van der Waals surface area contributed by atoms with Crippen LogP contribution in [-0.2, 0) is 5.66 Å². The summed E-state index contributed by atoms with van der Waals surface area (Å²) in [6, 6.07) is 12.1. The number of hydrogen-bond acceptors (Lipinski definition) is 3. The molecule has 0 fully saturated rings. The van der Waals surface area contributed by atoms with E-state index >= 15 is 0 Å². The first kappa shape index (κ1) is 8.80. The second-order valence-corrected chi connectivity index (χ2v) is 4.66. The summed E-state index contributed by atoms with van der Waals surface area (Å²) in [6.07, 6.45) is 0. The molecule has 0 spiro atoms. The van der Waals surface area contributed by atoms with Gasteiger partial charge in [0.25, 0.3) is 0 Å². The summed E-state index contributed by atoms with van der Waals surface area (Å²) >= 11 is 1.70. The Bertz CT molecular complexity index is 564. The Hall–Kier alpha value is -1.48. The maximum Gasteiger partial charge on any atom is 0.183 e. The van der Waals surface area contributed by atoms with E-state index in [0.29, 0.717) is 0 Å². The lowest BCUT2D eigenvalue weighted by molar-refractivity contribution is 0.535. The third-order valence-corrected chi connectivity index (χ3v) is 3.62. The van der Waals surface area contributed by atoms with Crippen molar-refractivity contribution in [1.82, 2.24) is 0 Å². The predicted molar refractivity (Wildman–Crippen MR) is 60.4 cm³/mol. The first-order valence-electron chi connectivity index (χ1n) is 4.87. The van der Waals surface area contributed by atoms with Gasteiger partial charge in [0, 0.05) is 0 Å². The van der Waals surface area contributed by atoms with Crippen LogP contribution in [0.1, 0.15) is 11.8 Å². The topological polar surface area (TPSA) is 24.7 Å². The minimum Gasteiger partial charge on any atom is -0.248 e. The van der Waals surface area contributed by atoms with Gasteiger partial charge in [-0.2, -0.15) is 0 Å². The van der Waals surface area contributed by atoms with Crippen molar-refractivity contribution in [2.24, 2.45) is 9.98 Å². The second kappa shape index (κ2) is 3.00. The quantitative estimate of drug-likeness (QED) is 0.692. The van der Waals surface area contributed by atoms with Crippen molar-refractivity contribution < 1.29 is 0 Å². The van der Waals surface area contributed by atoms with Gasteiger partial charge in [-0.1, -0.05) is 18.2 Å². The first-order valence-corrected chi connectivity index (χ1v) is 5.75. The molecule has 0 saturated heterocycles. The molecule has 3 heteroatoms. The lowest BCUT2D eigenvalue weighted by atomic mass is 10.2. The zero-order valence-corrected chi connectivity index (χ0v) is 9.16. The van der Waals surface area contributed by atoms with E-state index in [-0.39, 0.29) is 0 Å². The molecule has 1 aliphatic heterocycles. The highest BCUT2D eigenvalue weighted by molar-refractivity contribution is 7.10. The van der Waals surface area contributed by atoms with E-state index in [2.05, 4.69) is 28.4 Å². The Kier molecular flexibility index (Phi) is 1.76. The van der Waals surface area contributed by atoms with Crippen molar-refractivity contribution in [2.45, 2.75) is 12.6 Å². The summed E-state index contributed by atoms with van der Waals surface area (Å²) in [4.78, 5) is 10.5. The number of hydrogen-bond donors (Lipinski definition) is 0. The third-order valence-electron chi connectivity index (χ3n) is 2.55. The average molecular weight is 214 g/mol. The molecule has 0 bridgehead atoms. The van der Waals surface area contributed by atoms with E-state index in [4.69, 9.17) is 0 Å². The van der Waals surface area contributed by atoms with Gasteiger partial charge >= 0.3 is 0 Å². The molecule has 2 nitrogen and oxygen atoms in total. The Labute approximate surface area is 91.6 Å². The molecule has 1 aromatic heterocycles. The van der Waals surface area contributed by atoms with E-state index < -0.39 is 5.66 Å². The van der Waals surface area contributed by atoms with Crippen LogP contribution in [0, 0.1) is 0 Å². The van der Waals surface area contributed by atoms with Crippen molar-refractivity contribution >= 4 is 11.3 Å². The summed E-state index contributed by atoms with van der Waals surface area (Å²) < 4.78 is 0. The van der Waals surface area contributed by atoms with Crippen LogP contribution in [0.3, 0.4) is 0 Å². The molecule has 1 aromatic carbocycles. The first-order chi connectivity index (χ1) is 7.28. The fourth-order valence-corrected chi connectivity index (χ4v) is 2.58. The van der Waals surface area contributed by atoms with Crippen LogP contribution in [0.4, 0.5) is 0 Å². The maximum atomic E-state index is 4.67. The molecule has 15 heavy (non-hydrogen) atoms. The Morgan fingerprint density at radius 3 is 2.20 bits per heavy atom. The molecule has 74 valence electrons. The van der Waals surface area contributed by atoms with Gasteiger partial charge in [-0.05, 0) is 30.5 Å². The number of para-hydroxylation sites is 2. The monoisotopic (exact) mass is 214 g/mol. The van der Waals surface area contributed by atoms with Gasteiger partial charge in [0.2, 0.25) is 0 Å². The van der Waals surface area contributed by atoms with Crippen LogP contribution in [0.5, 0.6) is 0 Å². The number of benzene rings is 1. The molecular formula is C12H10N2S. The smallest absolute Gasteiger partial charge is 0.183 e. The van der Waals surface area contributed by atoms with Crippen molar-refractivity contribution in [3.8, 4) is 0 Å². The molecule has 0 unspecified atom stereocenters. The molecule has 0 radical (unpaired) electrons. The lowest BCUT2D eigenvalue weighted by Gasteiger charge is -2.14. The van der Waals surface area contributed by atoms with E-state index in [0.717, 1.165) is 10.7 Å². The highest BCUT2D eigenvalue weighted by atomic mass is 32.1. The molecule has 0 aliphatic carbocycles. The molecule has 0 saturated carbocycles. The molecule has 0 atom stereocenters. The predicted octanol–water partition coefficient (Wildman–Crippen LogP) is 1.87. The zero-order valence-electron chi connectivity index (χ0n) is 8.34. The minimum atomic E-state index is -0.405. The van der Waals surface area contributed by atoms with Crippen molar-refractivity contribution in [3.05, 3.63) is 57.4 Å². The highest BCUT2D eigenvalue weighted by Crippen LogP contribution is 2.30. The van der Waals surface area contributed by atoms with Crippen LogP contribution in [0.15, 0.2) is 51.8 Å². The summed E-state index contributed by atoms with van der Waals surface area (Å²) in [5.74, 6) is 0. The molecule has 0 N–H and O–H groups in total. The van der Waals surface area contributed by atoms with Crippen LogP contribution in [-0.4, -0.2) is 0 Å². The standard InChI is InChI=1S/C12H10N2S/c1-12(11-7-4-8-15-11)13-9-5-2-3-6-10(9)14-12/h2-8H,1H3. The third kappa shape index (κ3) is 1.31. The van der Waals surface area contributed by atoms with Gasteiger partial charge in [-0.3, -0.25) is 0 Å². The van der Waals surface area contributed by atoms with Crippen molar-refractivity contribution in [3.63, 3.8) is 0 Å². The van der Waals surface area contributed by atoms with Gasteiger partial charge in [0.15, 0.2) is 5.66 Å². The minimum absolute atomic E-state index is 0.405. The highest BCUT2D eigenvalue weighted by Gasteiger charge is 2.28. The van der Waals surface area contributed by atoms with Crippen LogP contribution < -0.4 is 10.7 Å². The second-order valence-electron chi connectivity index (χ2n) is 3.71. The fraction of sp³-hybridized carbons (Fsp3) is 0.167. The van der Waals surface area contributed by atoms with Gasteiger partial charge in [-0.15, -0.1) is 11.3 Å². The number of fused-ring (bicyclic) bond motifs is 1. The van der Waals surface area contributed by atoms with Crippen molar-refractivity contribution in [1.29, 1.82) is 0 Å². The van der Waals surface area contributed by atoms with Crippen LogP contribution in [0.25, 0.3) is 0 Å². The van der Waals surface area contributed by atoms with Gasteiger partial charge < -0.3 is 0 Å². The number of rotatable bonds is 1. The van der Waals surface area contributed by atoms with E-state index in [1.54, 1.807) is 11.3 Å². The number of thiophene rings is 1. The van der Waals surface area contributed by atoms with E-state index in [1.165, 1.54) is 4.88 Å². The molecule has 0 amide bonds. The molecule has 2 heterocycles. The van der Waals surface area contributed by atoms with Gasteiger partial charge in [0.1, 0.15) is 0 Å². The molecular weight excluding hydrogens is 204 g/mol. The fourth-order valence-electron chi connectivity index (χ4n) is 1.81. The van der Waals surface area contributed by atoms with E-state index in [9.17, 15) is 0 Å². The van der Waals surface area contributed by atoms with E-state index in [1.807, 2.05) is 30.3 Å². The largest absolute Gasteiger partial charge is 0.248 e. The summed E-state index contributed by atoms with van der Waals surface area (Å²) in [5, 5.41) is 4.05. The molecule has 1 aliphatic rings. The normalized spacial score (nSPS) is 16.6. The van der Waals surface area contributed by atoms with Crippen molar-refractivity contribution in [2.75, 3.05) is 0 Å². The molecule has 2 aromatic rings. The lowest BCUT2D eigenvalue weighted by Crippen LogP contribution is -2.19.